The molecule has 3 rings (SSSR count). The Morgan fingerprint density at radius 2 is 1.86 bits per heavy atom. The number of hydrogen-bond donors (Lipinski definition) is 1. The number of nitrogens with zero attached hydrogens (tertiary/aromatic N) is 1. The first-order valence-corrected chi connectivity index (χ1v) is 7.54. The normalized spacial score (nSPS) is 19.5. The number of aromatic nitrogens is 1. The SMILES string of the molecule is COc1ccc2ccnc(NCC3C(C)(C)C3(C)C)c2c1. The fraction of sp³-hybridized carbons (Fsp3) is 0.500. The summed E-state index contributed by atoms with van der Waals surface area (Å²) in [7, 11) is 1.69. The van der Waals surface area contributed by atoms with Crippen molar-refractivity contribution in [1.29, 1.82) is 0 Å². The molecule has 0 aliphatic heterocycles. The molecule has 0 radical (unpaired) electrons. The molecule has 0 saturated heterocycles. The van der Waals surface area contributed by atoms with Gasteiger partial charge in [0, 0.05) is 18.1 Å². The van der Waals surface area contributed by atoms with Gasteiger partial charge in [0.05, 0.1) is 7.11 Å². The molecule has 21 heavy (non-hydrogen) atoms. The van der Waals surface area contributed by atoms with E-state index in [0.717, 1.165) is 23.5 Å². The molecule has 1 aliphatic rings. The number of methoxy groups -OCH3 is 1. The standard InChI is InChI=1S/C18H24N2O/c1-17(2)15(18(17,3)4)11-20-16-14-10-13(21-5)7-6-12(14)8-9-19-16/h6-10,15H,11H2,1-5H3,(H,19,20). The largest absolute Gasteiger partial charge is 0.497 e. The molecule has 0 unspecified atom stereocenters. The van der Waals surface area contributed by atoms with Crippen molar-refractivity contribution in [1.82, 2.24) is 4.98 Å². The fourth-order valence-corrected chi connectivity index (χ4v) is 3.46. The third-order valence-electron chi connectivity index (χ3n) is 5.77. The molecule has 112 valence electrons. The van der Waals surface area contributed by atoms with Crippen LogP contribution in [0.25, 0.3) is 10.8 Å². The van der Waals surface area contributed by atoms with Gasteiger partial charge in [0.1, 0.15) is 11.6 Å². The second kappa shape index (κ2) is 4.62. The van der Waals surface area contributed by atoms with E-state index in [1.54, 1.807) is 7.11 Å². The Labute approximate surface area is 126 Å². The van der Waals surface area contributed by atoms with Gasteiger partial charge in [-0.15, -0.1) is 0 Å². The van der Waals surface area contributed by atoms with Crippen molar-refractivity contribution in [3.05, 3.63) is 30.5 Å². The summed E-state index contributed by atoms with van der Waals surface area (Å²) in [4.78, 5) is 4.51. The van der Waals surface area contributed by atoms with Crippen molar-refractivity contribution in [2.24, 2.45) is 16.7 Å². The lowest BCUT2D eigenvalue weighted by molar-refractivity contribution is 0.415. The number of hydrogen-bond acceptors (Lipinski definition) is 3. The Hall–Kier alpha value is -1.77. The van der Waals surface area contributed by atoms with Crippen molar-refractivity contribution in [3.63, 3.8) is 0 Å². The number of anilines is 1. The number of benzene rings is 1. The highest BCUT2D eigenvalue weighted by molar-refractivity contribution is 5.92. The summed E-state index contributed by atoms with van der Waals surface area (Å²) >= 11 is 0. The zero-order valence-electron chi connectivity index (χ0n) is 13.5. The molecule has 0 spiro atoms. The first kappa shape index (κ1) is 14.2. The van der Waals surface area contributed by atoms with Gasteiger partial charge in [0.2, 0.25) is 0 Å². The van der Waals surface area contributed by atoms with E-state index in [9.17, 15) is 0 Å². The third-order valence-corrected chi connectivity index (χ3v) is 5.77. The van der Waals surface area contributed by atoms with Gasteiger partial charge in [-0.05, 0) is 40.3 Å². The quantitative estimate of drug-likeness (QED) is 0.907. The zero-order chi connectivity index (χ0) is 15.3. The fourth-order valence-electron chi connectivity index (χ4n) is 3.46. The molecule has 2 aromatic rings. The molecule has 0 amide bonds. The smallest absolute Gasteiger partial charge is 0.133 e. The minimum atomic E-state index is 0.391. The second-order valence-electron chi connectivity index (χ2n) is 7.12. The summed E-state index contributed by atoms with van der Waals surface area (Å²) in [6, 6.07) is 8.14. The van der Waals surface area contributed by atoms with E-state index in [0.29, 0.717) is 16.7 Å². The van der Waals surface area contributed by atoms with Gasteiger partial charge >= 0.3 is 0 Å². The molecule has 1 aliphatic carbocycles. The molecular formula is C18H24N2O. The van der Waals surface area contributed by atoms with E-state index in [4.69, 9.17) is 4.74 Å². The van der Waals surface area contributed by atoms with E-state index < -0.39 is 0 Å². The van der Waals surface area contributed by atoms with Crippen LogP contribution in [0.1, 0.15) is 27.7 Å². The highest BCUT2D eigenvalue weighted by Gasteiger charge is 2.64. The van der Waals surface area contributed by atoms with E-state index in [1.807, 2.05) is 24.4 Å². The second-order valence-corrected chi connectivity index (χ2v) is 7.12. The van der Waals surface area contributed by atoms with Crippen LogP contribution in [0.4, 0.5) is 5.82 Å². The van der Waals surface area contributed by atoms with Crippen molar-refractivity contribution >= 4 is 16.6 Å². The van der Waals surface area contributed by atoms with Crippen LogP contribution in [0, 0.1) is 16.7 Å². The summed E-state index contributed by atoms with van der Waals surface area (Å²) in [5, 5.41) is 5.85. The van der Waals surface area contributed by atoms with Crippen LogP contribution in [0.15, 0.2) is 30.5 Å². The average molecular weight is 284 g/mol. The van der Waals surface area contributed by atoms with E-state index >= 15 is 0 Å². The van der Waals surface area contributed by atoms with E-state index in [2.05, 4.69) is 44.1 Å². The molecule has 1 heterocycles. The number of fused-ring (bicyclic) bond motifs is 1. The molecule has 1 aromatic heterocycles. The van der Waals surface area contributed by atoms with Crippen LogP contribution in [0.2, 0.25) is 0 Å². The summed E-state index contributed by atoms with van der Waals surface area (Å²) in [5.74, 6) is 2.49. The van der Waals surface area contributed by atoms with Crippen LogP contribution in [0.3, 0.4) is 0 Å². The maximum atomic E-state index is 5.33. The monoisotopic (exact) mass is 284 g/mol. The average Bonchev–Trinajstić information content (AvgIpc) is 2.85. The number of nitrogens with one attached hydrogen (secondary N) is 1. The van der Waals surface area contributed by atoms with Crippen LogP contribution in [-0.4, -0.2) is 18.6 Å². The molecule has 3 nitrogen and oxygen atoms in total. The highest BCUT2D eigenvalue weighted by atomic mass is 16.5. The number of ether oxygens (including phenoxy) is 1. The van der Waals surface area contributed by atoms with E-state index in [-0.39, 0.29) is 0 Å². The Morgan fingerprint density at radius 3 is 2.48 bits per heavy atom. The minimum absolute atomic E-state index is 0.391. The Morgan fingerprint density at radius 1 is 1.14 bits per heavy atom. The van der Waals surface area contributed by atoms with Crippen LogP contribution in [-0.2, 0) is 0 Å². The molecule has 3 heteroatoms. The van der Waals surface area contributed by atoms with Crippen molar-refractivity contribution < 1.29 is 4.74 Å². The lowest BCUT2D eigenvalue weighted by Crippen LogP contribution is -2.09. The maximum absolute atomic E-state index is 5.33. The van der Waals surface area contributed by atoms with E-state index in [1.165, 1.54) is 5.39 Å². The van der Waals surface area contributed by atoms with Crippen molar-refractivity contribution in [2.45, 2.75) is 27.7 Å². The molecule has 0 bridgehead atoms. The maximum Gasteiger partial charge on any atom is 0.133 e. The van der Waals surface area contributed by atoms with Gasteiger partial charge < -0.3 is 10.1 Å². The lowest BCUT2D eigenvalue weighted by Gasteiger charge is -2.10. The van der Waals surface area contributed by atoms with Gasteiger partial charge in [-0.3, -0.25) is 0 Å². The van der Waals surface area contributed by atoms with Crippen LogP contribution in [0.5, 0.6) is 5.75 Å². The number of pyridine rings is 1. The van der Waals surface area contributed by atoms with Crippen molar-refractivity contribution in [2.75, 3.05) is 19.0 Å². The summed E-state index contributed by atoms with van der Waals surface area (Å²) in [6.45, 7) is 10.3. The van der Waals surface area contributed by atoms with Gasteiger partial charge in [-0.2, -0.15) is 0 Å². The molecule has 1 saturated carbocycles. The predicted octanol–water partition coefficient (Wildman–Crippen LogP) is 4.34. The topological polar surface area (TPSA) is 34.1 Å². The predicted molar refractivity (Wildman–Crippen MR) is 87.8 cm³/mol. The zero-order valence-corrected chi connectivity index (χ0v) is 13.5. The Bertz CT molecular complexity index is 662. The summed E-state index contributed by atoms with van der Waals surface area (Å²) in [5.41, 5.74) is 0.782. The van der Waals surface area contributed by atoms with Crippen LogP contribution < -0.4 is 10.1 Å². The van der Waals surface area contributed by atoms with Gasteiger partial charge in [0.25, 0.3) is 0 Å². The van der Waals surface area contributed by atoms with Gasteiger partial charge in [0.15, 0.2) is 0 Å². The molecule has 1 fully saturated rings. The summed E-state index contributed by atoms with van der Waals surface area (Å²) in [6.07, 6.45) is 1.86. The van der Waals surface area contributed by atoms with Gasteiger partial charge in [-0.25, -0.2) is 4.98 Å². The highest BCUT2D eigenvalue weighted by Crippen LogP contribution is 2.68. The molecule has 1 aromatic carbocycles. The van der Waals surface area contributed by atoms with Crippen LogP contribution >= 0.6 is 0 Å². The number of rotatable bonds is 4. The Balaban J connectivity index is 1.85. The van der Waals surface area contributed by atoms with Gasteiger partial charge in [-0.1, -0.05) is 33.8 Å². The van der Waals surface area contributed by atoms with Crippen molar-refractivity contribution in [3.8, 4) is 5.75 Å². The lowest BCUT2D eigenvalue weighted by atomic mass is 10.0. The summed E-state index contributed by atoms with van der Waals surface area (Å²) < 4.78 is 5.33. The molecular weight excluding hydrogens is 260 g/mol. The first-order valence-electron chi connectivity index (χ1n) is 7.54. The molecule has 1 N–H and O–H groups in total. The first-order chi connectivity index (χ1) is 9.88. The Kier molecular flexibility index (Phi) is 3.12. The molecule has 0 atom stereocenters. The minimum Gasteiger partial charge on any atom is -0.497 e. The third kappa shape index (κ3) is 2.15.